The van der Waals surface area contributed by atoms with Crippen LogP contribution in [0.15, 0.2) is 42.5 Å². The summed E-state index contributed by atoms with van der Waals surface area (Å²) in [6.07, 6.45) is 1.06. The van der Waals surface area contributed by atoms with Crippen LogP contribution in [0.3, 0.4) is 0 Å². The number of likely N-dealkylation sites (N-methyl/N-ethyl adjacent to an activating group) is 1. The van der Waals surface area contributed by atoms with Gasteiger partial charge in [-0.15, -0.1) is 0 Å². The Hall–Kier alpha value is -1.51. The largest absolute Gasteiger partial charge is 0.489 e. The van der Waals surface area contributed by atoms with Crippen LogP contribution < -0.4 is 10.1 Å². The molecule has 0 saturated heterocycles. The zero-order chi connectivity index (χ0) is 15.1. The van der Waals surface area contributed by atoms with Crippen LogP contribution in [0, 0.1) is 6.92 Å². The summed E-state index contributed by atoms with van der Waals surface area (Å²) in [5.41, 5.74) is 3.59. The number of benzene rings is 2. The topological polar surface area (TPSA) is 21.3 Å². The molecular formula is C18H22ClNO. The molecule has 0 spiro atoms. The van der Waals surface area contributed by atoms with Crippen LogP contribution in [0.25, 0.3) is 0 Å². The fourth-order valence-electron chi connectivity index (χ4n) is 2.15. The molecule has 0 fully saturated rings. The number of nitrogens with one attached hydrogen (secondary N) is 1. The Kier molecular flexibility index (Phi) is 6.09. The lowest BCUT2D eigenvalue weighted by Crippen LogP contribution is -2.15. The zero-order valence-electron chi connectivity index (χ0n) is 12.7. The molecule has 2 aromatic rings. The van der Waals surface area contributed by atoms with E-state index in [1.807, 2.05) is 25.1 Å². The highest BCUT2D eigenvalue weighted by Gasteiger charge is 2.01. The van der Waals surface area contributed by atoms with Gasteiger partial charge in [0.05, 0.1) is 0 Å². The summed E-state index contributed by atoms with van der Waals surface area (Å²) in [4.78, 5) is 0. The predicted molar refractivity (Wildman–Crippen MR) is 89.2 cm³/mol. The molecule has 0 aliphatic rings. The van der Waals surface area contributed by atoms with E-state index in [9.17, 15) is 0 Å². The van der Waals surface area contributed by atoms with Crippen molar-refractivity contribution < 1.29 is 4.74 Å². The highest BCUT2D eigenvalue weighted by Crippen LogP contribution is 2.22. The van der Waals surface area contributed by atoms with Gasteiger partial charge in [-0.25, -0.2) is 0 Å². The van der Waals surface area contributed by atoms with Crippen LogP contribution in [0.5, 0.6) is 5.75 Å². The Morgan fingerprint density at radius 3 is 2.43 bits per heavy atom. The minimum absolute atomic E-state index is 0.579. The van der Waals surface area contributed by atoms with E-state index < -0.39 is 0 Å². The maximum atomic E-state index is 5.94. The second-order valence-corrected chi connectivity index (χ2v) is 5.55. The van der Waals surface area contributed by atoms with Gasteiger partial charge in [0.2, 0.25) is 0 Å². The first-order chi connectivity index (χ1) is 10.2. The van der Waals surface area contributed by atoms with Gasteiger partial charge in [0.1, 0.15) is 12.4 Å². The first-order valence-electron chi connectivity index (χ1n) is 7.36. The van der Waals surface area contributed by atoms with Crippen molar-refractivity contribution in [3.8, 4) is 5.75 Å². The number of rotatable bonds is 7. The molecular weight excluding hydrogens is 282 g/mol. The number of ether oxygens (including phenoxy) is 1. The highest BCUT2D eigenvalue weighted by molar-refractivity contribution is 6.30. The Labute approximate surface area is 132 Å². The van der Waals surface area contributed by atoms with Gasteiger partial charge in [-0.05, 0) is 61.3 Å². The Balaban J connectivity index is 1.88. The van der Waals surface area contributed by atoms with Gasteiger partial charge in [-0.3, -0.25) is 0 Å². The highest BCUT2D eigenvalue weighted by atomic mass is 35.5. The van der Waals surface area contributed by atoms with E-state index in [1.165, 1.54) is 11.1 Å². The molecule has 2 rings (SSSR count). The van der Waals surface area contributed by atoms with Gasteiger partial charge in [0, 0.05) is 5.02 Å². The zero-order valence-corrected chi connectivity index (χ0v) is 13.4. The fraction of sp³-hybridized carbons (Fsp3) is 0.333. The molecule has 0 heterocycles. The number of aryl methyl sites for hydroxylation is 1. The normalized spacial score (nSPS) is 10.6. The van der Waals surface area contributed by atoms with E-state index in [2.05, 4.69) is 36.5 Å². The molecule has 0 radical (unpaired) electrons. The molecule has 0 unspecified atom stereocenters. The van der Waals surface area contributed by atoms with Gasteiger partial charge in [-0.1, -0.05) is 42.8 Å². The third kappa shape index (κ3) is 5.07. The number of halogens is 1. The van der Waals surface area contributed by atoms with E-state index in [0.717, 1.165) is 35.8 Å². The third-order valence-corrected chi connectivity index (χ3v) is 3.63. The van der Waals surface area contributed by atoms with Crippen molar-refractivity contribution in [3.63, 3.8) is 0 Å². The van der Waals surface area contributed by atoms with E-state index in [1.54, 1.807) is 0 Å². The maximum Gasteiger partial charge on any atom is 0.122 e. The molecule has 0 aromatic heterocycles. The van der Waals surface area contributed by atoms with Crippen LogP contribution in [-0.4, -0.2) is 13.1 Å². The molecule has 1 N–H and O–H groups in total. The molecule has 3 heteroatoms. The van der Waals surface area contributed by atoms with Gasteiger partial charge >= 0.3 is 0 Å². The monoisotopic (exact) mass is 303 g/mol. The summed E-state index contributed by atoms with van der Waals surface area (Å²) in [6.45, 7) is 6.75. The van der Waals surface area contributed by atoms with Crippen molar-refractivity contribution in [2.75, 3.05) is 13.1 Å². The van der Waals surface area contributed by atoms with Crippen LogP contribution in [0.2, 0.25) is 5.02 Å². The average molecular weight is 304 g/mol. The molecule has 0 aliphatic carbocycles. The van der Waals surface area contributed by atoms with Crippen molar-refractivity contribution in [1.82, 2.24) is 5.32 Å². The second-order valence-electron chi connectivity index (χ2n) is 5.12. The van der Waals surface area contributed by atoms with Crippen LogP contribution >= 0.6 is 11.6 Å². The van der Waals surface area contributed by atoms with Crippen LogP contribution in [0.1, 0.15) is 23.6 Å². The molecule has 0 aliphatic heterocycles. The van der Waals surface area contributed by atoms with Gasteiger partial charge in [-0.2, -0.15) is 0 Å². The summed E-state index contributed by atoms with van der Waals surface area (Å²) in [6, 6.07) is 14.3. The number of hydrogen-bond acceptors (Lipinski definition) is 2. The van der Waals surface area contributed by atoms with Crippen molar-refractivity contribution >= 4 is 11.6 Å². The minimum atomic E-state index is 0.579. The lowest BCUT2D eigenvalue weighted by molar-refractivity contribution is 0.304. The minimum Gasteiger partial charge on any atom is -0.489 e. The molecule has 0 atom stereocenters. The Bertz CT molecular complexity index is 566. The summed E-state index contributed by atoms with van der Waals surface area (Å²) in [5, 5.41) is 4.07. The van der Waals surface area contributed by atoms with E-state index in [4.69, 9.17) is 16.3 Å². The summed E-state index contributed by atoms with van der Waals surface area (Å²) >= 11 is 5.94. The summed E-state index contributed by atoms with van der Waals surface area (Å²) in [7, 11) is 0. The molecule has 0 amide bonds. The van der Waals surface area contributed by atoms with Gasteiger partial charge in [0.15, 0.2) is 0 Å². The third-order valence-electron chi connectivity index (χ3n) is 3.39. The Morgan fingerprint density at radius 1 is 1.05 bits per heavy atom. The number of hydrogen-bond donors (Lipinski definition) is 1. The summed E-state index contributed by atoms with van der Waals surface area (Å²) < 4.78 is 5.85. The maximum absolute atomic E-state index is 5.94. The SMILES string of the molecule is CCNCCc1ccc(COc2ccc(Cl)cc2C)cc1. The Morgan fingerprint density at radius 2 is 1.76 bits per heavy atom. The molecule has 2 aromatic carbocycles. The van der Waals surface area contributed by atoms with E-state index in [-0.39, 0.29) is 0 Å². The van der Waals surface area contributed by atoms with Crippen molar-refractivity contribution in [3.05, 3.63) is 64.2 Å². The van der Waals surface area contributed by atoms with Crippen molar-refractivity contribution in [2.45, 2.75) is 26.9 Å². The van der Waals surface area contributed by atoms with Crippen LogP contribution in [0.4, 0.5) is 0 Å². The second kappa shape index (κ2) is 8.06. The van der Waals surface area contributed by atoms with Crippen molar-refractivity contribution in [2.24, 2.45) is 0 Å². The van der Waals surface area contributed by atoms with Crippen molar-refractivity contribution in [1.29, 1.82) is 0 Å². The molecule has 21 heavy (non-hydrogen) atoms. The first-order valence-corrected chi connectivity index (χ1v) is 7.74. The fourth-order valence-corrected chi connectivity index (χ4v) is 2.37. The van der Waals surface area contributed by atoms with Gasteiger partial charge in [0.25, 0.3) is 0 Å². The predicted octanol–water partition coefficient (Wildman–Crippen LogP) is 4.38. The first kappa shape index (κ1) is 15.9. The molecule has 112 valence electrons. The standard InChI is InChI=1S/C18H22ClNO/c1-3-20-11-10-15-4-6-16(7-5-15)13-21-18-9-8-17(19)12-14(18)2/h4-9,12,20H,3,10-11,13H2,1-2H3. The summed E-state index contributed by atoms with van der Waals surface area (Å²) in [5.74, 6) is 0.885. The smallest absolute Gasteiger partial charge is 0.122 e. The lowest BCUT2D eigenvalue weighted by Gasteiger charge is -2.10. The quantitative estimate of drug-likeness (QED) is 0.766. The van der Waals surface area contributed by atoms with Crippen LogP contribution in [-0.2, 0) is 13.0 Å². The average Bonchev–Trinajstić information content (AvgIpc) is 2.48. The lowest BCUT2D eigenvalue weighted by atomic mass is 10.1. The van der Waals surface area contributed by atoms with Gasteiger partial charge < -0.3 is 10.1 Å². The van der Waals surface area contributed by atoms with E-state index in [0.29, 0.717) is 6.61 Å². The molecule has 2 nitrogen and oxygen atoms in total. The van der Waals surface area contributed by atoms with E-state index >= 15 is 0 Å². The molecule has 0 saturated carbocycles. The molecule has 0 bridgehead atoms.